The van der Waals surface area contributed by atoms with E-state index in [1.165, 1.54) is 26.6 Å². The van der Waals surface area contributed by atoms with Gasteiger partial charge in [0.05, 0.1) is 24.5 Å². The van der Waals surface area contributed by atoms with E-state index in [-0.39, 0.29) is 11.6 Å². The Hall–Kier alpha value is -3.50. The van der Waals surface area contributed by atoms with Crippen LogP contribution in [0.5, 0.6) is 11.5 Å². The SMILES string of the molecule is COc1cccc(OC)c1-n1c(CS(=O)(=O)[C@@H](C)[C@H](C)c2ncc(Cl)cn2)nnc1-c1ccccc1. The van der Waals surface area contributed by atoms with Gasteiger partial charge in [-0.05, 0) is 19.1 Å². The number of benzene rings is 2. The van der Waals surface area contributed by atoms with E-state index >= 15 is 0 Å². The van der Waals surface area contributed by atoms with Crippen molar-refractivity contribution >= 4 is 21.4 Å². The topological polar surface area (TPSA) is 109 Å². The van der Waals surface area contributed by atoms with Crippen LogP contribution < -0.4 is 9.47 Å². The molecule has 0 spiro atoms. The second-order valence-electron chi connectivity index (χ2n) is 8.21. The Morgan fingerprint density at radius 1 is 0.917 bits per heavy atom. The molecule has 0 aliphatic carbocycles. The maximum atomic E-state index is 13.6. The molecule has 2 atom stereocenters. The number of para-hydroxylation sites is 1. The summed E-state index contributed by atoms with van der Waals surface area (Å²) in [5, 5.41) is 8.25. The van der Waals surface area contributed by atoms with Crippen molar-refractivity contribution in [3.8, 4) is 28.6 Å². The molecule has 2 heterocycles. The molecule has 4 aromatic rings. The Bertz CT molecular complexity index is 1420. The van der Waals surface area contributed by atoms with Crippen LogP contribution in [0.2, 0.25) is 5.02 Å². The zero-order valence-corrected chi connectivity index (χ0v) is 21.9. The van der Waals surface area contributed by atoms with E-state index in [0.717, 1.165) is 5.56 Å². The Morgan fingerprint density at radius 3 is 2.11 bits per heavy atom. The molecule has 0 amide bonds. The first-order chi connectivity index (χ1) is 17.3. The van der Waals surface area contributed by atoms with Crippen molar-refractivity contribution in [2.24, 2.45) is 0 Å². The van der Waals surface area contributed by atoms with Gasteiger partial charge in [-0.3, -0.25) is 4.57 Å². The van der Waals surface area contributed by atoms with Crippen molar-refractivity contribution in [1.29, 1.82) is 0 Å². The van der Waals surface area contributed by atoms with Gasteiger partial charge in [0.15, 0.2) is 21.5 Å². The molecule has 0 saturated carbocycles. The van der Waals surface area contributed by atoms with Gasteiger partial charge in [0.25, 0.3) is 0 Å². The molecule has 36 heavy (non-hydrogen) atoms. The Morgan fingerprint density at radius 2 is 1.53 bits per heavy atom. The molecule has 0 radical (unpaired) electrons. The van der Waals surface area contributed by atoms with Crippen LogP contribution >= 0.6 is 11.6 Å². The number of hydrogen-bond donors (Lipinski definition) is 0. The fraction of sp³-hybridized carbons (Fsp3) is 0.280. The monoisotopic (exact) mass is 527 g/mol. The minimum absolute atomic E-state index is 0.229. The van der Waals surface area contributed by atoms with Crippen LogP contribution in [-0.2, 0) is 15.6 Å². The number of sulfone groups is 1. The van der Waals surface area contributed by atoms with Crippen LogP contribution in [0.3, 0.4) is 0 Å². The minimum Gasteiger partial charge on any atom is -0.494 e. The van der Waals surface area contributed by atoms with Crippen molar-refractivity contribution in [3.63, 3.8) is 0 Å². The van der Waals surface area contributed by atoms with Crippen LogP contribution in [0.15, 0.2) is 60.9 Å². The smallest absolute Gasteiger partial charge is 0.168 e. The normalized spacial score (nSPS) is 13.2. The van der Waals surface area contributed by atoms with Crippen LogP contribution in [0.4, 0.5) is 0 Å². The molecule has 0 aliphatic rings. The summed E-state index contributed by atoms with van der Waals surface area (Å²) in [6.07, 6.45) is 2.91. The van der Waals surface area contributed by atoms with Crippen LogP contribution in [0, 0.1) is 0 Å². The molecule has 0 N–H and O–H groups in total. The molecule has 0 unspecified atom stereocenters. The van der Waals surface area contributed by atoms with Gasteiger partial charge >= 0.3 is 0 Å². The van der Waals surface area contributed by atoms with Gasteiger partial charge in [-0.1, -0.05) is 54.9 Å². The number of aromatic nitrogens is 5. The van der Waals surface area contributed by atoms with Gasteiger partial charge in [-0.2, -0.15) is 0 Å². The fourth-order valence-electron chi connectivity index (χ4n) is 3.86. The lowest BCUT2D eigenvalue weighted by atomic mass is 10.1. The van der Waals surface area contributed by atoms with Crippen LogP contribution in [0.25, 0.3) is 17.1 Å². The van der Waals surface area contributed by atoms with Crippen molar-refractivity contribution in [1.82, 2.24) is 24.7 Å². The maximum absolute atomic E-state index is 13.6. The molecule has 11 heteroatoms. The lowest BCUT2D eigenvalue weighted by Gasteiger charge is -2.20. The summed E-state index contributed by atoms with van der Waals surface area (Å²) in [6.45, 7) is 3.41. The quantitative estimate of drug-likeness (QED) is 0.313. The molecule has 9 nitrogen and oxygen atoms in total. The standard InChI is InChI=1S/C25H26ClN5O4S/c1-16(24-27-13-19(26)14-28-24)17(2)36(32,33)15-22-29-30-25(18-9-6-5-7-10-18)31(22)23-20(34-3)11-8-12-21(23)35-4/h5-14,16-17H,15H2,1-4H3/t16-,17-/m0/s1. The molecular formula is C25H26ClN5O4S. The summed E-state index contributed by atoms with van der Waals surface area (Å²) in [7, 11) is -0.650. The first-order valence-corrected chi connectivity index (χ1v) is 13.3. The largest absolute Gasteiger partial charge is 0.494 e. The van der Waals surface area contributed by atoms with Crippen LogP contribution in [-0.4, -0.2) is 52.6 Å². The lowest BCUT2D eigenvalue weighted by Crippen LogP contribution is -2.27. The van der Waals surface area contributed by atoms with E-state index in [0.29, 0.717) is 33.9 Å². The van der Waals surface area contributed by atoms with E-state index in [1.807, 2.05) is 30.3 Å². The Labute approximate surface area is 215 Å². The van der Waals surface area contributed by atoms with Gasteiger partial charge in [-0.25, -0.2) is 18.4 Å². The predicted octanol–water partition coefficient (Wildman–Crippen LogP) is 4.50. The highest BCUT2D eigenvalue weighted by Gasteiger charge is 2.33. The molecule has 0 bridgehead atoms. The summed E-state index contributed by atoms with van der Waals surface area (Å²) in [4.78, 5) is 8.40. The summed E-state index contributed by atoms with van der Waals surface area (Å²) >= 11 is 5.89. The van der Waals surface area contributed by atoms with E-state index in [4.69, 9.17) is 21.1 Å². The third-order valence-corrected chi connectivity index (χ3v) is 8.43. The Balaban J connectivity index is 1.81. The highest BCUT2D eigenvalue weighted by molar-refractivity contribution is 7.91. The van der Waals surface area contributed by atoms with Crippen molar-refractivity contribution in [2.75, 3.05) is 14.2 Å². The first-order valence-electron chi connectivity index (χ1n) is 11.2. The average Bonchev–Trinajstić information content (AvgIpc) is 3.30. The molecule has 0 saturated heterocycles. The number of halogens is 1. The lowest BCUT2D eigenvalue weighted by molar-refractivity contribution is 0.390. The molecule has 0 fully saturated rings. The highest BCUT2D eigenvalue weighted by Crippen LogP contribution is 2.37. The minimum atomic E-state index is -3.73. The van der Waals surface area contributed by atoms with Gasteiger partial charge in [0.1, 0.15) is 28.8 Å². The molecule has 0 aliphatic heterocycles. The summed E-state index contributed by atoms with van der Waals surface area (Å²) in [6, 6.07) is 14.7. The third kappa shape index (κ3) is 5.05. The zero-order chi connectivity index (χ0) is 25.9. The number of rotatable bonds is 9. The zero-order valence-electron chi connectivity index (χ0n) is 20.3. The van der Waals surface area contributed by atoms with Crippen molar-refractivity contribution in [2.45, 2.75) is 30.8 Å². The third-order valence-electron chi connectivity index (χ3n) is 6.04. The van der Waals surface area contributed by atoms with E-state index in [1.54, 1.807) is 36.6 Å². The van der Waals surface area contributed by atoms with Crippen LogP contribution in [0.1, 0.15) is 31.4 Å². The van der Waals surface area contributed by atoms with Gasteiger partial charge in [-0.15, -0.1) is 10.2 Å². The molecule has 2 aromatic carbocycles. The van der Waals surface area contributed by atoms with E-state index in [9.17, 15) is 8.42 Å². The molecular weight excluding hydrogens is 502 g/mol. The number of ether oxygens (including phenoxy) is 2. The second-order valence-corrected chi connectivity index (χ2v) is 11.0. The molecule has 4 rings (SSSR count). The summed E-state index contributed by atoms with van der Waals surface area (Å²) in [5.41, 5.74) is 1.27. The van der Waals surface area contributed by atoms with Gasteiger partial charge < -0.3 is 9.47 Å². The Kier molecular flexibility index (Phi) is 7.56. The first kappa shape index (κ1) is 25.6. The fourth-order valence-corrected chi connectivity index (χ4v) is 5.51. The van der Waals surface area contributed by atoms with Crippen molar-refractivity contribution < 1.29 is 17.9 Å². The number of hydrogen-bond acceptors (Lipinski definition) is 8. The predicted molar refractivity (Wildman–Crippen MR) is 137 cm³/mol. The van der Waals surface area contributed by atoms with Gasteiger partial charge in [0.2, 0.25) is 0 Å². The van der Waals surface area contributed by atoms with E-state index in [2.05, 4.69) is 20.2 Å². The second kappa shape index (κ2) is 10.6. The average molecular weight is 528 g/mol. The highest BCUT2D eigenvalue weighted by atomic mass is 35.5. The molecule has 188 valence electrons. The van der Waals surface area contributed by atoms with Gasteiger partial charge in [0, 0.05) is 23.9 Å². The number of methoxy groups -OCH3 is 2. The summed E-state index contributed by atoms with van der Waals surface area (Å²) < 4.78 is 40.1. The van der Waals surface area contributed by atoms with Crippen molar-refractivity contribution in [3.05, 3.63) is 77.6 Å². The number of nitrogens with zero attached hydrogens (tertiary/aromatic N) is 5. The molecule has 2 aromatic heterocycles. The maximum Gasteiger partial charge on any atom is 0.168 e. The van der Waals surface area contributed by atoms with E-state index < -0.39 is 21.0 Å². The summed E-state index contributed by atoms with van der Waals surface area (Å²) in [5.74, 6) is 1.22.